The summed E-state index contributed by atoms with van der Waals surface area (Å²) in [5.41, 5.74) is -0.595. The summed E-state index contributed by atoms with van der Waals surface area (Å²) in [4.78, 5) is 19.8. The second kappa shape index (κ2) is 7.31. The highest BCUT2D eigenvalue weighted by Gasteiger charge is 2.34. The van der Waals surface area contributed by atoms with Crippen LogP contribution < -0.4 is 5.32 Å². The van der Waals surface area contributed by atoms with Crippen molar-refractivity contribution in [2.24, 2.45) is 5.92 Å². The van der Waals surface area contributed by atoms with Gasteiger partial charge in [-0.3, -0.25) is 9.59 Å². The van der Waals surface area contributed by atoms with Gasteiger partial charge in [-0.2, -0.15) is 13.2 Å². The van der Waals surface area contributed by atoms with E-state index in [1.54, 1.807) is 0 Å². The fraction of sp³-hybridized carbons (Fsp3) is 0.385. The third-order valence-corrected chi connectivity index (χ3v) is 3.23. The first-order valence-electron chi connectivity index (χ1n) is 6.01. The Balaban J connectivity index is 0.000000677. The zero-order chi connectivity index (χ0) is 16.0. The van der Waals surface area contributed by atoms with E-state index in [1.807, 2.05) is 0 Å². The van der Waals surface area contributed by atoms with Crippen LogP contribution in [0.2, 0.25) is 5.02 Å². The summed E-state index contributed by atoms with van der Waals surface area (Å²) in [6.07, 6.45) is -2.78. The third-order valence-electron chi connectivity index (χ3n) is 2.79. The molecule has 4 nitrogen and oxygen atoms in total. The SMILES string of the molecule is O=C(NCc1cccc(C(F)(F)F)c1Cl)C1CC1.O=CO. The van der Waals surface area contributed by atoms with E-state index in [0.717, 1.165) is 18.9 Å². The smallest absolute Gasteiger partial charge is 0.417 e. The van der Waals surface area contributed by atoms with Gasteiger partial charge in [0.1, 0.15) is 0 Å². The molecule has 2 N–H and O–H groups in total. The maximum absolute atomic E-state index is 12.6. The number of hydrogen-bond donors (Lipinski definition) is 2. The van der Waals surface area contributed by atoms with E-state index < -0.39 is 11.7 Å². The van der Waals surface area contributed by atoms with Gasteiger partial charge < -0.3 is 10.4 Å². The molecule has 0 atom stereocenters. The highest BCUT2D eigenvalue weighted by Crippen LogP contribution is 2.36. The summed E-state index contributed by atoms with van der Waals surface area (Å²) >= 11 is 5.70. The second-order valence-corrected chi connectivity index (χ2v) is 4.75. The zero-order valence-electron chi connectivity index (χ0n) is 10.8. The minimum absolute atomic E-state index is 0.0228. The van der Waals surface area contributed by atoms with Crippen LogP contribution in [0.1, 0.15) is 24.0 Å². The molecule has 1 aromatic rings. The third kappa shape index (κ3) is 5.26. The lowest BCUT2D eigenvalue weighted by atomic mass is 10.1. The molecule has 0 saturated heterocycles. The molecule has 0 bridgehead atoms. The molecule has 0 aliphatic heterocycles. The van der Waals surface area contributed by atoms with Gasteiger partial charge in [0.05, 0.1) is 10.6 Å². The molecule has 1 fully saturated rings. The number of rotatable bonds is 3. The zero-order valence-corrected chi connectivity index (χ0v) is 11.5. The Kier molecular flexibility index (Phi) is 6.02. The molecule has 0 spiro atoms. The molecule has 116 valence electrons. The van der Waals surface area contributed by atoms with Crippen LogP contribution in [0.15, 0.2) is 18.2 Å². The highest BCUT2D eigenvalue weighted by molar-refractivity contribution is 6.32. The molecule has 21 heavy (non-hydrogen) atoms. The van der Waals surface area contributed by atoms with Gasteiger partial charge in [-0.1, -0.05) is 23.7 Å². The Labute approximate surface area is 123 Å². The number of carbonyl (C=O) groups is 2. The van der Waals surface area contributed by atoms with Crippen molar-refractivity contribution in [3.05, 3.63) is 34.3 Å². The number of nitrogens with one attached hydrogen (secondary N) is 1. The number of halogens is 4. The van der Waals surface area contributed by atoms with Crippen molar-refractivity contribution in [3.8, 4) is 0 Å². The molecule has 1 saturated carbocycles. The van der Waals surface area contributed by atoms with Crippen molar-refractivity contribution < 1.29 is 27.9 Å². The number of amides is 1. The van der Waals surface area contributed by atoms with Crippen LogP contribution in [0.3, 0.4) is 0 Å². The number of carbonyl (C=O) groups excluding carboxylic acids is 1. The summed E-state index contributed by atoms with van der Waals surface area (Å²) in [7, 11) is 0. The number of carboxylic acid groups (broad SMARTS) is 1. The van der Waals surface area contributed by atoms with Crippen molar-refractivity contribution in [2.45, 2.75) is 25.6 Å². The quantitative estimate of drug-likeness (QED) is 0.840. The van der Waals surface area contributed by atoms with E-state index in [0.29, 0.717) is 0 Å². The monoisotopic (exact) mass is 323 g/mol. The van der Waals surface area contributed by atoms with E-state index >= 15 is 0 Å². The summed E-state index contributed by atoms with van der Waals surface area (Å²) in [5, 5.41) is 9.13. The van der Waals surface area contributed by atoms with Crippen molar-refractivity contribution in [2.75, 3.05) is 0 Å². The number of hydrogen-bond acceptors (Lipinski definition) is 2. The minimum atomic E-state index is -4.48. The fourth-order valence-corrected chi connectivity index (χ4v) is 1.91. The Morgan fingerprint density at radius 1 is 1.43 bits per heavy atom. The summed E-state index contributed by atoms with van der Waals surface area (Å²) < 4.78 is 37.8. The second-order valence-electron chi connectivity index (χ2n) is 4.37. The van der Waals surface area contributed by atoms with Gasteiger partial charge >= 0.3 is 6.18 Å². The predicted octanol–water partition coefficient (Wildman–Crippen LogP) is 3.09. The summed E-state index contributed by atoms with van der Waals surface area (Å²) in [5.74, 6) is -0.0990. The van der Waals surface area contributed by atoms with E-state index in [-0.39, 0.29) is 35.4 Å². The van der Waals surface area contributed by atoms with Crippen LogP contribution in [-0.4, -0.2) is 17.5 Å². The van der Waals surface area contributed by atoms with E-state index in [2.05, 4.69) is 5.32 Å². The van der Waals surface area contributed by atoms with Crippen LogP contribution in [0.25, 0.3) is 0 Å². The maximum atomic E-state index is 12.6. The molecule has 1 aliphatic carbocycles. The Morgan fingerprint density at radius 2 is 2.00 bits per heavy atom. The highest BCUT2D eigenvalue weighted by atomic mass is 35.5. The Morgan fingerprint density at radius 3 is 2.48 bits per heavy atom. The molecular formula is C13H13ClF3NO3. The van der Waals surface area contributed by atoms with Crippen LogP contribution in [-0.2, 0) is 22.3 Å². The molecule has 0 radical (unpaired) electrons. The van der Waals surface area contributed by atoms with Gasteiger partial charge in [-0.05, 0) is 24.5 Å². The first-order chi connectivity index (χ1) is 9.81. The average Bonchev–Trinajstić information content (AvgIpc) is 3.21. The van der Waals surface area contributed by atoms with E-state index in [4.69, 9.17) is 21.5 Å². The first kappa shape index (κ1) is 17.3. The van der Waals surface area contributed by atoms with Gasteiger partial charge in [0.15, 0.2) is 0 Å². The molecule has 0 unspecified atom stereocenters. The molecule has 2 rings (SSSR count). The number of benzene rings is 1. The molecule has 1 aliphatic rings. The fourth-order valence-electron chi connectivity index (χ4n) is 1.61. The van der Waals surface area contributed by atoms with Gasteiger partial charge in [-0.25, -0.2) is 0 Å². The van der Waals surface area contributed by atoms with Crippen molar-refractivity contribution in [3.63, 3.8) is 0 Å². The van der Waals surface area contributed by atoms with Gasteiger partial charge in [0.2, 0.25) is 5.91 Å². The van der Waals surface area contributed by atoms with E-state index in [1.165, 1.54) is 12.1 Å². The normalized spacial score (nSPS) is 13.9. The van der Waals surface area contributed by atoms with Crippen LogP contribution in [0.5, 0.6) is 0 Å². The first-order valence-corrected chi connectivity index (χ1v) is 6.39. The van der Waals surface area contributed by atoms with Gasteiger partial charge in [-0.15, -0.1) is 0 Å². The Bertz CT molecular complexity index is 516. The molecular weight excluding hydrogens is 311 g/mol. The van der Waals surface area contributed by atoms with Gasteiger partial charge in [0, 0.05) is 12.5 Å². The average molecular weight is 324 g/mol. The molecule has 0 aromatic heterocycles. The minimum Gasteiger partial charge on any atom is -0.483 e. The lowest BCUT2D eigenvalue weighted by molar-refractivity contribution is -0.137. The lowest BCUT2D eigenvalue weighted by Gasteiger charge is -2.12. The van der Waals surface area contributed by atoms with Crippen LogP contribution >= 0.6 is 11.6 Å². The topological polar surface area (TPSA) is 66.4 Å². The lowest BCUT2D eigenvalue weighted by Crippen LogP contribution is -2.24. The van der Waals surface area contributed by atoms with E-state index in [9.17, 15) is 18.0 Å². The molecule has 1 aromatic carbocycles. The van der Waals surface area contributed by atoms with Crippen molar-refractivity contribution >= 4 is 24.0 Å². The number of alkyl halides is 3. The molecule has 8 heteroatoms. The predicted molar refractivity (Wildman–Crippen MR) is 69.7 cm³/mol. The molecule has 1 amide bonds. The van der Waals surface area contributed by atoms with Gasteiger partial charge in [0.25, 0.3) is 6.47 Å². The Hall–Kier alpha value is -1.76. The standard InChI is InChI=1S/C12H11ClF3NO.CH2O2/c13-10-8(6-17-11(18)7-4-5-7)2-1-3-9(10)12(14,15)16;2-1-3/h1-3,7H,4-6H2,(H,17,18);1H,(H,2,3). The van der Waals surface area contributed by atoms with Crippen LogP contribution in [0, 0.1) is 5.92 Å². The largest absolute Gasteiger partial charge is 0.483 e. The molecule has 0 heterocycles. The summed E-state index contributed by atoms with van der Waals surface area (Å²) in [6, 6.07) is 3.69. The van der Waals surface area contributed by atoms with Crippen LogP contribution in [0.4, 0.5) is 13.2 Å². The van der Waals surface area contributed by atoms with Crippen molar-refractivity contribution in [1.29, 1.82) is 0 Å². The maximum Gasteiger partial charge on any atom is 0.417 e. The summed E-state index contributed by atoms with van der Waals surface area (Å²) in [6.45, 7) is -0.224. The van der Waals surface area contributed by atoms with Crippen molar-refractivity contribution in [1.82, 2.24) is 5.32 Å².